The van der Waals surface area contributed by atoms with Crippen molar-refractivity contribution in [3.63, 3.8) is 0 Å². The van der Waals surface area contributed by atoms with Crippen molar-refractivity contribution < 1.29 is 4.79 Å². The van der Waals surface area contributed by atoms with Crippen molar-refractivity contribution in [3.8, 4) is 0 Å². The molecule has 1 aliphatic carbocycles. The molecule has 19 heavy (non-hydrogen) atoms. The molecule has 3 nitrogen and oxygen atoms in total. The molecule has 2 aromatic rings. The number of fused-ring (bicyclic) bond motifs is 1. The van der Waals surface area contributed by atoms with Crippen LogP contribution in [0.15, 0.2) is 30.5 Å². The summed E-state index contributed by atoms with van der Waals surface area (Å²) in [7, 11) is 0. The number of anilines is 1. The Morgan fingerprint density at radius 1 is 1.42 bits per heavy atom. The molecule has 1 heterocycles. The molecule has 1 atom stereocenters. The predicted molar refractivity (Wildman–Crippen MR) is 77.7 cm³/mol. The number of nitrogens with zero attached hydrogens (tertiary/aromatic N) is 1. The predicted octanol–water partition coefficient (Wildman–Crippen LogP) is 3.54. The van der Waals surface area contributed by atoms with Gasteiger partial charge >= 0.3 is 0 Å². The van der Waals surface area contributed by atoms with Gasteiger partial charge in [0.2, 0.25) is 5.91 Å². The van der Waals surface area contributed by atoms with Gasteiger partial charge < -0.3 is 5.32 Å². The fourth-order valence-corrected chi connectivity index (χ4v) is 3.12. The summed E-state index contributed by atoms with van der Waals surface area (Å²) in [6.45, 7) is 4.25. The van der Waals surface area contributed by atoms with E-state index in [1.807, 2.05) is 24.4 Å². The highest BCUT2D eigenvalue weighted by Gasteiger charge is 2.32. The summed E-state index contributed by atoms with van der Waals surface area (Å²) in [5.74, 6) is 0.499. The molecule has 3 rings (SSSR count). The van der Waals surface area contributed by atoms with E-state index in [0.717, 1.165) is 12.0 Å². The van der Waals surface area contributed by atoms with E-state index in [0.29, 0.717) is 11.0 Å². The molecule has 1 aliphatic rings. The van der Waals surface area contributed by atoms with Crippen LogP contribution in [0.4, 0.5) is 5.13 Å². The number of carbonyl (C=O) groups excluding carboxylic acids is 1. The molecule has 1 amide bonds. The zero-order valence-electron chi connectivity index (χ0n) is 11.0. The molecule has 0 aliphatic heterocycles. The number of aromatic nitrogens is 1. The lowest BCUT2D eigenvalue weighted by atomic mass is 9.77. The molecule has 1 N–H and O–H groups in total. The number of amides is 1. The summed E-state index contributed by atoms with van der Waals surface area (Å²) in [6, 6.07) is 8.12. The minimum atomic E-state index is -0.0115. The highest BCUT2D eigenvalue weighted by molar-refractivity contribution is 7.15. The van der Waals surface area contributed by atoms with E-state index in [1.165, 1.54) is 10.4 Å². The van der Waals surface area contributed by atoms with Gasteiger partial charge in [-0.25, -0.2) is 4.98 Å². The van der Waals surface area contributed by atoms with Crippen molar-refractivity contribution in [3.05, 3.63) is 46.5 Å². The minimum Gasteiger partial charge on any atom is -0.301 e. The SMILES string of the molecule is CC(C)c1cnc(NC(=O)C2Cc3ccccc32)s1. The van der Waals surface area contributed by atoms with Crippen LogP contribution < -0.4 is 5.32 Å². The maximum atomic E-state index is 12.2. The van der Waals surface area contributed by atoms with Gasteiger partial charge in [-0.05, 0) is 23.5 Å². The molecule has 0 fully saturated rings. The van der Waals surface area contributed by atoms with Gasteiger partial charge in [-0.2, -0.15) is 0 Å². The first-order valence-corrected chi connectivity index (χ1v) is 7.31. The highest BCUT2D eigenvalue weighted by atomic mass is 32.1. The number of hydrogen-bond donors (Lipinski definition) is 1. The van der Waals surface area contributed by atoms with Crippen molar-refractivity contribution in [2.45, 2.75) is 32.1 Å². The second-order valence-corrected chi connectivity index (χ2v) is 6.23. The molecule has 98 valence electrons. The molecule has 1 unspecified atom stereocenters. The topological polar surface area (TPSA) is 42.0 Å². The van der Waals surface area contributed by atoms with Crippen molar-refractivity contribution in [2.75, 3.05) is 5.32 Å². The summed E-state index contributed by atoms with van der Waals surface area (Å²) >= 11 is 1.56. The molecule has 1 aromatic heterocycles. The Morgan fingerprint density at radius 3 is 2.89 bits per heavy atom. The summed E-state index contributed by atoms with van der Waals surface area (Å²) in [5.41, 5.74) is 2.44. The fourth-order valence-electron chi connectivity index (χ4n) is 2.30. The Hall–Kier alpha value is -1.68. The number of benzene rings is 1. The van der Waals surface area contributed by atoms with Gasteiger partial charge in [0.25, 0.3) is 0 Å². The fraction of sp³-hybridized carbons (Fsp3) is 0.333. The maximum Gasteiger partial charge on any atom is 0.234 e. The van der Waals surface area contributed by atoms with E-state index < -0.39 is 0 Å². The van der Waals surface area contributed by atoms with E-state index in [2.05, 4.69) is 30.2 Å². The molecule has 4 heteroatoms. The maximum absolute atomic E-state index is 12.2. The van der Waals surface area contributed by atoms with Gasteiger partial charge in [-0.15, -0.1) is 11.3 Å². The van der Waals surface area contributed by atoms with Gasteiger partial charge in [0.15, 0.2) is 5.13 Å². The van der Waals surface area contributed by atoms with Crippen LogP contribution in [0.3, 0.4) is 0 Å². The number of rotatable bonds is 3. The largest absolute Gasteiger partial charge is 0.301 e. The van der Waals surface area contributed by atoms with Gasteiger partial charge in [-0.1, -0.05) is 38.1 Å². The van der Waals surface area contributed by atoms with E-state index >= 15 is 0 Å². The first-order valence-electron chi connectivity index (χ1n) is 6.49. The van der Waals surface area contributed by atoms with Crippen LogP contribution in [-0.4, -0.2) is 10.9 Å². The van der Waals surface area contributed by atoms with Gasteiger partial charge in [-0.3, -0.25) is 4.79 Å². The van der Waals surface area contributed by atoms with Crippen LogP contribution in [0.25, 0.3) is 0 Å². The lowest BCUT2D eigenvalue weighted by Gasteiger charge is -2.28. The zero-order valence-corrected chi connectivity index (χ0v) is 11.8. The summed E-state index contributed by atoms with van der Waals surface area (Å²) < 4.78 is 0. The van der Waals surface area contributed by atoms with Crippen LogP contribution in [-0.2, 0) is 11.2 Å². The van der Waals surface area contributed by atoms with Crippen molar-refractivity contribution in [2.24, 2.45) is 0 Å². The Bertz CT molecular complexity index is 618. The monoisotopic (exact) mass is 272 g/mol. The smallest absolute Gasteiger partial charge is 0.234 e. The van der Waals surface area contributed by atoms with Crippen molar-refractivity contribution in [1.29, 1.82) is 0 Å². The third kappa shape index (κ3) is 2.28. The average molecular weight is 272 g/mol. The van der Waals surface area contributed by atoms with Crippen LogP contribution >= 0.6 is 11.3 Å². The molecule has 0 saturated carbocycles. The molecule has 0 spiro atoms. The molecule has 1 aromatic carbocycles. The number of hydrogen-bond acceptors (Lipinski definition) is 3. The van der Waals surface area contributed by atoms with Crippen LogP contribution in [0.1, 0.15) is 41.7 Å². The van der Waals surface area contributed by atoms with Gasteiger partial charge in [0.1, 0.15) is 0 Å². The Labute approximate surface area is 116 Å². The number of thiazole rings is 1. The highest BCUT2D eigenvalue weighted by Crippen LogP contribution is 2.36. The van der Waals surface area contributed by atoms with Crippen LogP contribution in [0, 0.1) is 0 Å². The Morgan fingerprint density at radius 2 is 2.21 bits per heavy atom. The zero-order chi connectivity index (χ0) is 13.4. The number of nitrogens with one attached hydrogen (secondary N) is 1. The standard InChI is InChI=1S/C15H16N2OS/c1-9(2)13-8-16-15(19-13)17-14(18)12-7-10-5-3-4-6-11(10)12/h3-6,8-9,12H,7H2,1-2H3,(H,16,17,18). The summed E-state index contributed by atoms with van der Waals surface area (Å²) in [6.07, 6.45) is 2.68. The number of carbonyl (C=O) groups is 1. The minimum absolute atomic E-state index is 0.0115. The summed E-state index contributed by atoms with van der Waals surface area (Å²) in [5, 5.41) is 3.64. The van der Waals surface area contributed by atoms with E-state index in [4.69, 9.17) is 0 Å². The van der Waals surface area contributed by atoms with Gasteiger partial charge in [0.05, 0.1) is 5.92 Å². The van der Waals surface area contributed by atoms with E-state index in [-0.39, 0.29) is 11.8 Å². The summed E-state index contributed by atoms with van der Waals surface area (Å²) in [4.78, 5) is 17.7. The van der Waals surface area contributed by atoms with Gasteiger partial charge in [0, 0.05) is 11.1 Å². The molecular weight excluding hydrogens is 256 g/mol. The molecule has 0 radical (unpaired) electrons. The van der Waals surface area contributed by atoms with Crippen LogP contribution in [0.5, 0.6) is 0 Å². The Balaban J connectivity index is 1.70. The van der Waals surface area contributed by atoms with Crippen molar-refractivity contribution in [1.82, 2.24) is 4.98 Å². The van der Waals surface area contributed by atoms with Crippen LogP contribution in [0.2, 0.25) is 0 Å². The van der Waals surface area contributed by atoms with E-state index in [9.17, 15) is 4.79 Å². The lowest BCUT2D eigenvalue weighted by molar-refractivity contribution is -0.118. The lowest BCUT2D eigenvalue weighted by Crippen LogP contribution is -2.30. The Kier molecular flexibility index (Phi) is 3.11. The third-order valence-corrected chi connectivity index (χ3v) is 4.71. The molecule has 0 bridgehead atoms. The second kappa shape index (κ2) is 4.78. The van der Waals surface area contributed by atoms with E-state index in [1.54, 1.807) is 11.3 Å². The van der Waals surface area contributed by atoms with Crippen molar-refractivity contribution >= 4 is 22.4 Å². The first-order chi connectivity index (χ1) is 9.15. The average Bonchev–Trinajstić information content (AvgIpc) is 2.79. The molecular formula is C15H16N2OS. The molecule has 0 saturated heterocycles. The quantitative estimate of drug-likeness (QED) is 0.928. The first kappa shape index (κ1) is 12.4. The normalized spacial score (nSPS) is 16.9. The second-order valence-electron chi connectivity index (χ2n) is 5.17. The third-order valence-electron chi connectivity index (χ3n) is 3.49.